The van der Waals surface area contributed by atoms with E-state index in [9.17, 15) is 9.90 Å². The van der Waals surface area contributed by atoms with Crippen LogP contribution in [0.4, 0.5) is 0 Å². The van der Waals surface area contributed by atoms with Crippen molar-refractivity contribution < 1.29 is 16.1 Å². The van der Waals surface area contributed by atoms with Gasteiger partial charge in [0.15, 0.2) is 0 Å². The van der Waals surface area contributed by atoms with Crippen LogP contribution in [0.25, 0.3) is 0 Å². The van der Waals surface area contributed by atoms with Crippen LogP contribution in [0.5, 0.6) is 0 Å². The Balaban J connectivity index is 0.00000240. The Morgan fingerprint density at radius 1 is 1.14 bits per heavy atom. The number of methoxy groups -OCH3 is 1. The normalized spacial score (nSPS) is 25.9. The molecule has 0 spiro atoms. The Morgan fingerprint density at radius 2 is 1.82 bits per heavy atom. The lowest BCUT2D eigenvalue weighted by Gasteiger charge is -2.51. The number of benzene rings is 2. The number of rotatable bonds is 6. The maximum absolute atomic E-state index is 12.1. The van der Waals surface area contributed by atoms with E-state index >= 15 is 0 Å². The Bertz CT molecular complexity index is 820. The topological polar surface area (TPSA) is 49.8 Å². The first-order chi connectivity index (χ1) is 13.6. The largest absolute Gasteiger partial charge is 0.465 e. The van der Waals surface area contributed by atoms with Gasteiger partial charge in [0.25, 0.3) is 0 Å². The van der Waals surface area contributed by atoms with Crippen LogP contribution in [0.1, 0.15) is 42.2 Å². The van der Waals surface area contributed by atoms with Crippen LogP contribution < -0.4 is 0 Å². The van der Waals surface area contributed by atoms with E-state index in [0.29, 0.717) is 24.3 Å². The van der Waals surface area contributed by atoms with Gasteiger partial charge in [-0.15, -0.1) is 0 Å². The predicted molar refractivity (Wildman–Crippen MR) is 111 cm³/mol. The standard InChI is InChI=1S/C24H29NO3.H2/c1-28-23(26)21-10-6-5-7-18(21)11-14-24(27,20-8-3-2-4-9-20)22-17-25-15-12-19(22)13-16-25;/h2-10,19,22,27H,11-17H2,1H3;1H. The van der Waals surface area contributed by atoms with Gasteiger partial charge in [-0.1, -0.05) is 48.5 Å². The van der Waals surface area contributed by atoms with Crippen molar-refractivity contribution in [3.63, 3.8) is 0 Å². The molecule has 0 aliphatic carbocycles. The molecule has 0 radical (unpaired) electrons. The fraction of sp³-hybridized carbons (Fsp3) is 0.458. The summed E-state index contributed by atoms with van der Waals surface area (Å²) < 4.78 is 4.94. The van der Waals surface area contributed by atoms with Gasteiger partial charge in [-0.2, -0.15) is 0 Å². The lowest BCUT2D eigenvalue weighted by atomic mass is 9.66. The van der Waals surface area contributed by atoms with E-state index in [4.69, 9.17) is 4.74 Å². The van der Waals surface area contributed by atoms with E-state index in [1.165, 1.54) is 20.0 Å². The number of aryl methyl sites for hydroxylation is 1. The molecule has 5 rings (SSSR count). The van der Waals surface area contributed by atoms with Crippen molar-refractivity contribution in [2.75, 3.05) is 26.7 Å². The van der Waals surface area contributed by atoms with E-state index in [0.717, 1.165) is 30.8 Å². The van der Waals surface area contributed by atoms with Crippen molar-refractivity contribution in [3.05, 3.63) is 71.3 Å². The summed E-state index contributed by atoms with van der Waals surface area (Å²) in [5, 5.41) is 12.0. The Hall–Kier alpha value is -2.17. The molecule has 3 heterocycles. The summed E-state index contributed by atoms with van der Waals surface area (Å²) in [7, 11) is 1.41. The van der Waals surface area contributed by atoms with Gasteiger partial charge in [0.2, 0.25) is 0 Å². The highest BCUT2D eigenvalue weighted by Gasteiger charge is 2.47. The molecule has 1 N–H and O–H groups in total. The van der Waals surface area contributed by atoms with Crippen molar-refractivity contribution in [3.8, 4) is 0 Å². The number of fused-ring (bicyclic) bond motifs is 3. The molecule has 3 aliphatic heterocycles. The zero-order valence-corrected chi connectivity index (χ0v) is 16.5. The average Bonchev–Trinajstić information content (AvgIpc) is 2.78. The van der Waals surface area contributed by atoms with Crippen LogP contribution in [0.15, 0.2) is 54.6 Å². The second-order valence-corrected chi connectivity index (χ2v) is 8.18. The highest BCUT2D eigenvalue weighted by atomic mass is 16.5. The van der Waals surface area contributed by atoms with Gasteiger partial charge in [0.05, 0.1) is 18.3 Å². The lowest BCUT2D eigenvalue weighted by Crippen LogP contribution is -2.55. The first kappa shape index (κ1) is 19.2. The molecule has 0 amide bonds. The van der Waals surface area contributed by atoms with Crippen molar-refractivity contribution in [1.82, 2.24) is 4.90 Å². The molecule has 0 saturated carbocycles. The van der Waals surface area contributed by atoms with E-state index in [1.807, 2.05) is 48.5 Å². The molecule has 0 aromatic heterocycles. The summed E-state index contributed by atoms with van der Waals surface area (Å²) in [6, 6.07) is 17.7. The summed E-state index contributed by atoms with van der Waals surface area (Å²) in [5.74, 6) is 0.468. The van der Waals surface area contributed by atoms with Gasteiger partial charge in [-0.25, -0.2) is 4.79 Å². The predicted octanol–water partition coefficient (Wildman–Crippen LogP) is 3.88. The molecular formula is C24H31NO3. The van der Waals surface area contributed by atoms with Crippen LogP contribution in [-0.2, 0) is 16.8 Å². The number of hydrogen-bond donors (Lipinski definition) is 1. The van der Waals surface area contributed by atoms with Crippen LogP contribution >= 0.6 is 0 Å². The number of ether oxygens (including phenoxy) is 1. The maximum atomic E-state index is 12.1. The van der Waals surface area contributed by atoms with Crippen molar-refractivity contribution in [1.29, 1.82) is 0 Å². The summed E-state index contributed by atoms with van der Waals surface area (Å²) >= 11 is 0. The first-order valence-electron chi connectivity index (χ1n) is 10.3. The second-order valence-electron chi connectivity index (χ2n) is 8.18. The molecule has 4 nitrogen and oxygen atoms in total. The molecule has 3 aliphatic rings. The molecular weight excluding hydrogens is 350 g/mol. The lowest BCUT2D eigenvalue weighted by molar-refractivity contribution is -0.106. The molecule has 3 saturated heterocycles. The summed E-state index contributed by atoms with van der Waals surface area (Å²) in [4.78, 5) is 14.6. The molecule has 2 bridgehead atoms. The average molecular weight is 382 g/mol. The molecule has 150 valence electrons. The first-order valence-corrected chi connectivity index (χ1v) is 10.3. The van der Waals surface area contributed by atoms with Crippen LogP contribution in [0.2, 0.25) is 0 Å². The minimum absolute atomic E-state index is 0. The van der Waals surface area contributed by atoms with Gasteiger partial charge >= 0.3 is 5.97 Å². The minimum Gasteiger partial charge on any atom is -0.465 e. The van der Waals surface area contributed by atoms with Gasteiger partial charge in [0, 0.05) is 13.9 Å². The molecule has 2 aromatic carbocycles. The summed E-state index contributed by atoms with van der Waals surface area (Å²) in [5.41, 5.74) is 1.62. The van der Waals surface area contributed by atoms with E-state index in [2.05, 4.69) is 4.90 Å². The third-order valence-corrected chi connectivity index (χ3v) is 6.74. The van der Waals surface area contributed by atoms with E-state index in [-0.39, 0.29) is 13.3 Å². The highest BCUT2D eigenvalue weighted by Crippen LogP contribution is 2.45. The fourth-order valence-electron chi connectivity index (χ4n) is 5.15. The number of nitrogens with zero attached hydrogens (tertiary/aromatic N) is 1. The van der Waals surface area contributed by atoms with E-state index in [1.54, 1.807) is 6.07 Å². The zero-order valence-electron chi connectivity index (χ0n) is 16.5. The molecule has 3 fully saturated rings. The molecule has 2 atom stereocenters. The van der Waals surface area contributed by atoms with Gasteiger partial charge in [0.1, 0.15) is 0 Å². The number of aliphatic hydroxyl groups is 1. The number of carbonyl (C=O) groups excluding carboxylic acids is 1. The Morgan fingerprint density at radius 3 is 2.46 bits per heavy atom. The smallest absolute Gasteiger partial charge is 0.338 e. The van der Waals surface area contributed by atoms with Crippen LogP contribution in [0, 0.1) is 11.8 Å². The third kappa shape index (κ3) is 3.59. The van der Waals surface area contributed by atoms with Crippen molar-refractivity contribution >= 4 is 5.97 Å². The number of hydrogen-bond acceptors (Lipinski definition) is 4. The monoisotopic (exact) mass is 381 g/mol. The maximum Gasteiger partial charge on any atom is 0.338 e. The van der Waals surface area contributed by atoms with Crippen LogP contribution in [0.3, 0.4) is 0 Å². The number of esters is 1. The van der Waals surface area contributed by atoms with Gasteiger partial charge in [-0.3, -0.25) is 0 Å². The SMILES string of the molecule is COC(=O)c1ccccc1CCC(O)(c1ccccc1)C1CN2CCC1CC2.[HH]. The van der Waals surface area contributed by atoms with E-state index < -0.39 is 5.60 Å². The summed E-state index contributed by atoms with van der Waals surface area (Å²) in [6.07, 6.45) is 3.57. The van der Waals surface area contributed by atoms with Gasteiger partial charge in [-0.05, 0) is 61.9 Å². The second kappa shape index (κ2) is 8.06. The minimum atomic E-state index is -0.895. The molecule has 4 heteroatoms. The Labute approximate surface area is 168 Å². The van der Waals surface area contributed by atoms with Crippen LogP contribution in [-0.4, -0.2) is 42.7 Å². The quantitative estimate of drug-likeness (QED) is 0.772. The zero-order chi connectivity index (χ0) is 19.6. The summed E-state index contributed by atoms with van der Waals surface area (Å²) in [6.45, 7) is 3.25. The Kier molecular flexibility index (Phi) is 5.51. The number of piperidine rings is 3. The van der Waals surface area contributed by atoms with Crippen molar-refractivity contribution in [2.45, 2.75) is 31.3 Å². The molecule has 28 heavy (non-hydrogen) atoms. The third-order valence-electron chi connectivity index (χ3n) is 6.74. The molecule has 2 aromatic rings. The van der Waals surface area contributed by atoms with Crippen molar-refractivity contribution in [2.24, 2.45) is 11.8 Å². The fourth-order valence-corrected chi connectivity index (χ4v) is 5.15. The number of carbonyl (C=O) groups is 1. The highest BCUT2D eigenvalue weighted by molar-refractivity contribution is 5.90. The van der Waals surface area contributed by atoms with Gasteiger partial charge < -0.3 is 14.7 Å². The molecule has 2 unspecified atom stereocenters.